The van der Waals surface area contributed by atoms with Gasteiger partial charge < -0.3 is 5.32 Å². The average Bonchev–Trinajstić information content (AvgIpc) is 2.73. The Morgan fingerprint density at radius 1 is 1.44 bits per heavy atom. The van der Waals surface area contributed by atoms with Crippen LogP contribution in [0.1, 0.15) is 11.4 Å². The van der Waals surface area contributed by atoms with Crippen molar-refractivity contribution in [2.45, 2.75) is 13.0 Å². The van der Waals surface area contributed by atoms with Crippen LogP contribution in [-0.2, 0) is 20.0 Å². The van der Waals surface area contributed by atoms with Gasteiger partial charge in [0.2, 0.25) is 0 Å². The molecule has 0 aliphatic heterocycles. The number of hydrogen-bond donors (Lipinski definition) is 1. The monoisotopic (exact) mass is 268 g/mol. The van der Waals surface area contributed by atoms with Crippen molar-refractivity contribution in [1.82, 2.24) is 20.1 Å². The van der Waals surface area contributed by atoms with Gasteiger partial charge in [-0.1, -0.05) is 17.7 Å². The topological polar surface area (TPSA) is 42.7 Å². The summed E-state index contributed by atoms with van der Waals surface area (Å²) in [6.07, 6.45) is 2.38. The maximum absolute atomic E-state index is 13.5. The summed E-state index contributed by atoms with van der Waals surface area (Å²) < 4.78 is 15.1. The minimum atomic E-state index is -0.286. The fourth-order valence-corrected chi connectivity index (χ4v) is 1.75. The Hall–Kier alpha value is -1.46. The highest BCUT2D eigenvalue weighted by Gasteiger charge is 2.03. The molecule has 1 N–H and O–H groups in total. The molecular formula is C12H14ClFN4. The molecule has 4 nitrogen and oxygen atoms in total. The number of halogens is 2. The van der Waals surface area contributed by atoms with E-state index in [0.29, 0.717) is 23.7 Å². The Balaban J connectivity index is 1.78. The Bertz CT molecular complexity index is 527. The Labute approximate surface area is 110 Å². The predicted octanol–water partition coefficient (Wildman–Crippen LogP) is 1.94. The number of benzene rings is 1. The van der Waals surface area contributed by atoms with Gasteiger partial charge in [-0.15, -0.1) is 0 Å². The molecular weight excluding hydrogens is 255 g/mol. The summed E-state index contributed by atoms with van der Waals surface area (Å²) in [5.74, 6) is 0.493. The standard InChI is InChI=1S/C12H14ClFN4/c1-18-8-16-12(17-18)4-5-15-7-9-2-3-10(13)6-11(9)14/h2-3,6,8,15H,4-5,7H2,1H3. The molecule has 2 aromatic rings. The zero-order chi connectivity index (χ0) is 13.0. The molecule has 0 saturated carbocycles. The lowest BCUT2D eigenvalue weighted by molar-refractivity contribution is 0.585. The van der Waals surface area contributed by atoms with Crippen LogP contribution < -0.4 is 5.32 Å². The Morgan fingerprint density at radius 3 is 2.94 bits per heavy atom. The van der Waals surface area contributed by atoms with Crippen LogP contribution in [0.15, 0.2) is 24.5 Å². The van der Waals surface area contributed by atoms with Crippen LogP contribution in [0.3, 0.4) is 0 Å². The smallest absolute Gasteiger partial charge is 0.151 e. The zero-order valence-corrected chi connectivity index (χ0v) is 10.8. The highest BCUT2D eigenvalue weighted by Crippen LogP contribution is 2.14. The lowest BCUT2D eigenvalue weighted by Crippen LogP contribution is -2.18. The molecule has 18 heavy (non-hydrogen) atoms. The molecule has 1 heterocycles. The molecule has 6 heteroatoms. The number of aromatic nitrogens is 3. The summed E-state index contributed by atoms with van der Waals surface area (Å²) >= 11 is 5.68. The minimum absolute atomic E-state index is 0.286. The maximum atomic E-state index is 13.5. The van der Waals surface area contributed by atoms with Crippen LogP contribution in [0.4, 0.5) is 4.39 Å². The summed E-state index contributed by atoms with van der Waals surface area (Å²) in [6, 6.07) is 4.69. The summed E-state index contributed by atoms with van der Waals surface area (Å²) in [4.78, 5) is 4.11. The van der Waals surface area contributed by atoms with E-state index < -0.39 is 0 Å². The van der Waals surface area contributed by atoms with Crippen LogP contribution in [0, 0.1) is 5.82 Å². The van der Waals surface area contributed by atoms with Crippen LogP contribution >= 0.6 is 11.6 Å². The molecule has 0 unspecified atom stereocenters. The molecule has 0 bridgehead atoms. The van der Waals surface area contributed by atoms with Crippen molar-refractivity contribution in [3.8, 4) is 0 Å². The van der Waals surface area contributed by atoms with Crippen molar-refractivity contribution in [2.24, 2.45) is 7.05 Å². The van der Waals surface area contributed by atoms with Gasteiger partial charge in [0.15, 0.2) is 5.82 Å². The van der Waals surface area contributed by atoms with Crippen molar-refractivity contribution in [3.63, 3.8) is 0 Å². The first kappa shape index (κ1) is 13.0. The van der Waals surface area contributed by atoms with Crippen LogP contribution in [0.2, 0.25) is 5.02 Å². The largest absolute Gasteiger partial charge is 0.312 e. The van der Waals surface area contributed by atoms with E-state index in [1.165, 1.54) is 6.07 Å². The fraction of sp³-hybridized carbons (Fsp3) is 0.333. The first-order valence-electron chi connectivity index (χ1n) is 5.64. The minimum Gasteiger partial charge on any atom is -0.312 e. The molecule has 96 valence electrons. The van der Waals surface area contributed by atoms with Crippen molar-refractivity contribution in [2.75, 3.05) is 6.54 Å². The van der Waals surface area contributed by atoms with Gasteiger partial charge in [0.1, 0.15) is 12.1 Å². The number of nitrogens with zero attached hydrogens (tertiary/aromatic N) is 3. The third-order valence-electron chi connectivity index (χ3n) is 2.50. The van der Waals surface area contributed by atoms with E-state index in [1.54, 1.807) is 23.1 Å². The Kier molecular flexibility index (Phi) is 4.28. The molecule has 0 saturated heterocycles. The van der Waals surface area contributed by atoms with Gasteiger partial charge in [-0.05, 0) is 12.1 Å². The lowest BCUT2D eigenvalue weighted by Gasteiger charge is -2.05. The van der Waals surface area contributed by atoms with E-state index in [2.05, 4.69) is 15.4 Å². The van der Waals surface area contributed by atoms with Crippen molar-refractivity contribution >= 4 is 11.6 Å². The molecule has 0 fully saturated rings. The van der Waals surface area contributed by atoms with E-state index in [-0.39, 0.29) is 5.82 Å². The van der Waals surface area contributed by atoms with Gasteiger partial charge in [0.05, 0.1) is 0 Å². The second-order valence-corrected chi connectivity index (χ2v) is 4.43. The van der Waals surface area contributed by atoms with Crippen LogP contribution in [-0.4, -0.2) is 21.3 Å². The van der Waals surface area contributed by atoms with Gasteiger partial charge in [0, 0.05) is 37.1 Å². The molecule has 1 aromatic heterocycles. The molecule has 2 rings (SSSR count). The van der Waals surface area contributed by atoms with Crippen molar-refractivity contribution in [3.05, 3.63) is 46.8 Å². The Morgan fingerprint density at radius 2 is 2.28 bits per heavy atom. The average molecular weight is 269 g/mol. The van der Waals surface area contributed by atoms with E-state index in [0.717, 1.165) is 12.2 Å². The predicted molar refractivity (Wildman–Crippen MR) is 67.8 cm³/mol. The summed E-state index contributed by atoms with van der Waals surface area (Å²) in [7, 11) is 1.83. The van der Waals surface area contributed by atoms with E-state index >= 15 is 0 Å². The molecule has 1 aromatic carbocycles. The highest BCUT2D eigenvalue weighted by atomic mass is 35.5. The quantitative estimate of drug-likeness (QED) is 0.843. The van der Waals surface area contributed by atoms with Gasteiger partial charge in [-0.3, -0.25) is 4.68 Å². The van der Waals surface area contributed by atoms with Crippen LogP contribution in [0.5, 0.6) is 0 Å². The SMILES string of the molecule is Cn1cnc(CCNCc2ccc(Cl)cc2F)n1. The van der Waals surface area contributed by atoms with Gasteiger partial charge >= 0.3 is 0 Å². The molecule has 0 spiro atoms. The summed E-state index contributed by atoms with van der Waals surface area (Å²) in [6.45, 7) is 1.17. The highest BCUT2D eigenvalue weighted by molar-refractivity contribution is 6.30. The van der Waals surface area contributed by atoms with Gasteiger partial charge in [0.25, 0.3) is 0 Å². The van der Waals surface area contributed by atoms with Crippen LogP contribution in [0.25, 0.3) is 0 Å². The molecule has 0 radical (unpaired) electrons. The number of rotatable bonds is 5. The lowest BCUT2D eigenvalue weighted by atomic mass is 10.2. The number of aryl methyl sites for hydroxylation is 1. The maximum Gasteiger partial charge on any atom is 0.151 e. The van der Waals surface area contributed by atoms with Gasteiger partial charge in [-0.25, -0.2) is 9.37 Å². The zero-order valence-electron chi connectivity index (χ0n) is 10.0. The molecule has 0 atom stereocenters. The first-order valence-corrected chi connectivity index (χ1v) is 6.02. The number of nitrogens with one attached hydrogen (secondary N) is 1. The van der Waals surface area contributed by atoms with Gasteiger partial charge in [-0.2, -0.15) is 5.10 Å². The van der Waals surface area contributed by atoms with Crippen molar-refractivity contribution in [1.29, 1.82) is 0 Å². The molecule has 0 aliphatic rings. The molecule has 0 aliphatic carbocycles. The molecule has 0 amide bonds. The van der Waals surface area contributed by atoms with E-state index in [4.69, 9.17) is 11.6 Å². The van der Waals surface area contributed by atoms with E-state index in [1.807, 2.05) is 7.05 Å². The second kappa shape index (κ2) is 5.93. The third kappa shape index (κ3) is 3.51. The fourth-order valence-electron chi connectivity index (χ4n) is 1.59. The summed E-state index contributed by atoms with van der Waals surface area (Å²) in [5, 5.41) is 7.72. The van der Waals surface area contributed by atoms with Crippen molar-refractivity contribution < 1.29 is 4.39 Å². The second-order valence-electron chi connectivity index (χ2n) is 4.00. The third-order valence-corrected chi connectivity index (χ3v) is 2.74. The normalized spacial score (nSPS) is 10.8. The number of hydrogen-bond acceptors (Lipinski definition) is 3. The van der Waals surface area contributed by atoms with E-state index in [9.17, 15) is 4.39 Å². The summed E-state index contributed by atoms with van der Waals surface area (Å²) in [5.41, 5.74) is 0.605. The first-order chi connectivity index (χ1) is 8.65.